The van der Waals surface area contributed by atoms with Gasteiger partial charge in [0.2, 0.25) is 5.91 Å². The number of anilines is 2. The fourth-order valence-electron chi connectivity index (χ4n) is 4.63. The van der Waals surface area contributed by atoms with Crippen LogP contribution in [0.25, 0.3) is 10.9 Å². The first-order valence-corrected chi connectivity index (χ1v) is 12.2. The molecule has 12 heteroatoms. The fourth-order valence-corrected chi connectivity index (χ4v) is 4.80. The molecule has 2 aliphatic rings. The van der Waals surface area contributed by atoms with Gasteiger partial charge in [-0.15, -0.1) is 0 Å². The summed E-state index contributed by atoms with van der Waals surface area (Å²) in [7, 11) is 3.38. The summed E-state index contributed by atoms with van der Waals surface area (Å²) in [4.78, 5) is 23.4. The van der Waals surface area contributed by atoms with Gasteiger partial charge in [0.25, 0.3) is 0 Å². The zero-order valence-electron chi connectivity index (χ0n) is 20.3. The van der Waals surface area contributed by atoms with Crippen LogP contribution in [0.5, 0.6) is 11.5 Å². The molecule has 3 N–H and O–H groups in total. The number of methoxy groups -OCH3 is 1. The summed E-state index contributed by atoms with van der Waals surface area (Å²) in [6.07, 6.45) is 0.796. The van der Waals surface area contributed by atoms with Gasteiger partial charge in [-0.25, -0.2) is 14.4 Å². The molecule has 196 valence electrons. The molecule has 1 aromatic heterocycles. The number of carbonyl (C=O) groups excluding carboxylic acids is 1. The van der Waals surface area contributed by atoms with Gasteiger partial charge in [0.15, 0.2) is 17.3 Å². The summed E-state index contributed by atoms with van der Waals surface area (Å²) in [5.41, 5.74) is 0.747. The van der Waals surface area contributed by atoms with E-state index in [-0.39, 0.29) is 35.9 Å². The van der Waals surface area contributed by atoms with Gasteiger partial charge >= 0.3 is 0 Å². The number of likely N-dealkylation sites (N-methyl/N-ethyl adjacent to an activating group) is 1. The molecule has 1 amide bonds. The molecule has 2 aromatic carbocycles. The molecule has 0 bridgehead atoms. The Kier molecular flexibility index (Phi) is 7.29. The predicted octanol–water partition coefficient (Wildman–Crippen LogP) is 2.50. The van der Waals surface area contributed by atoms with Crippen molar-refractivity contribution in [2.45, 2.75) is 30.7 Å². The van der Waals surface area contributed by atoms with Crippen LogP contribution in [0.4, 0.5) is 15.9 Å². The number of carbonyl (C=O) groups is 1. The first kappa shape index (κ1) is 25.4. The van der Waals surface area contributed by atoms with Crippen LogP contribution in [-0.4, -0.2) is 84.1 Å². The summed E-state index contributed by atoms with van der Waals surface area (Å²) < 4.78 is 31.6. The molecule has 2 saturated heterocycles. The largest absolute Gasteiger partial charge is 0.493 e. The quantitative estimate of drug-likeness (QED) is 0.422. The number of halogens is 2. The topological polar surface area (TPSA) is 118 Å². The average Bonchev–Trinajstić information content (AvgIpc) is 3.46. The van der Waals surface area contributed by atoms with Crippen LogP contribution in [0, 0.1) is 5.82 Å². The number of nitrogens with one attached hydrogen (secondary N) is 2. The van der Waals surface area contributed by atoms with Gasteiger partial charge < -0.3 is 30.0 Å². The van der Waals surface area contributed by atoms with E-state index in [4.69, 9.17) is 25.8 Å². The van der Waals surface area contributed by atoms with Crippen molar-refractivity contribution in [2.75, 3.05) is 39.2 Å². The van der Waals surface area contributed by atoms with Crippen LogP contribution in [0.1, 0.15) is 6.42 Å². The van der Waals surface area contributed by atoms with E-state index in [1.807, 2.05) is 11.9 Å². The highest BCUT2D eigenvalue weighted by atomic mass is 35.5. The molecule has 2 aliphatic heterocycles. The van der Waals surface area contributed by atoms with E-state index in [1.165, 1.54) is 19.5 Å². The van der Waals surface area contributed by atoms with Crippen molar-refractivity contribution in [3.63, 3.8) is 0 Å². The molecule has 0 spiro atoms. The number of rotatable bonds is 7. The Morgan fingerprint density at radius 1 is 1.27 bits per heavy atom. The van der Waals surface area contributed by atoms with Crippen molar-refractivity contribution in [3.05, 3.63) is 47.5 Å². The normalized spacial score (nSPS) is 23.8. The molecular formula is C25H27ClFN5O5. The number of aromatic nitrogens is 2. The lowest BCUT2D eigenvalue weighted by atomic mass is 10.1. The number of fused-ring (bicyclic) bond motifs is 1. The summed E-state index contributed by atoms with van der Waals surface area (Å²) in [6.45, 7) is 1.01. The van der Waals surface area contributed by atoms with Crippen molar-refractivity contribution in [3.8, 4) is 11.5 Å². The minimum Gasteiger partial charge on any atom is -0.493 e. The minimum absolute atomic E-state index is 0.00651. The Labute approximate surface area is 217 Å². The minimum atomic E-state index is -0.713. The molecule has 10 nitrogen and oxygen atoms in total. The molecule has 0 saturated carbocycles. The molecular weight excluding hydrogens is 505 g/mol. The molecule has 37 heavy (non-hydrogen) atoms. The van der Waals surface area contributed by atoms with Crippen LogP contribution in [0.2, 0.25) is 5.02 Å². The smallest absolute Gasteiger partial charge is 0.237 e. The molecule has 0 radical (unpaired) electrons. The Bertz CT molecular complexity index is 1310. The van der Waals surface area contributed by atoms with E-state index < -0.39 is 24.0 Å². The van der Waals surface area contributed by atoms with E-state index in [0.717, 1.165) is 0 Å². The number of hydrogen-bond acceptors (Lipinski definition) is 9. The molecule has 2 fully saturated rings. The standard InChI is InChI=1S/C25H27ClFN5O5/c1-32-9-13(6-19(32)25(34)31-18-10-36-11-20(18)33)37-22-7-14-17(8-21(22)35-2)28-12-29-24(14)30-16-5-3-4-15(26)23(16)27/h3-5,7-8,12-13,18-20,33H,6,9-11H2,1-2H3,(H,31,34)(H,28,29,30)/t13-,18-,19+,20+/m0/s1. The zero-order chi connectivity index (χ0) is 26.1. The van der Waals surface area contributed by atoms with Gasteiger partial charge in [0, 0.05) is 24.4 Å². The van der Waals surface area contributed by atoms with Gasteiger partial charge in [-0.3, -0.25) is 9.69 Å². The molecule has 0 aliphatic carbocycles. The van der Waals surface area contributed by atoms with E-state index >= 15 is 0 Å². The van der Waals surface area contributed by atoms with E-state index in [2.05, 4.69) is 20.6 Å². The first-order chi connectivity index (χ1) is 17.8. The summed E-state index contributed by atoms with van der Waals surface area (Å²) in [5.74, 6) is 0.510. The lowest BCUT2D eigenvalue weighted by Gasteiger charge is -2.21. The van der Waals surface area contributed by atoms with Crippen LogP contribution >= 0.6 is 11.6 Å². The number of nitrogens with zero attached hydrogens (tertiary/aromatic N) is 3. The Morgan fingerprint density at radius 2 is 2.11 bits per heavy atom. The molecule has 4 atom stereocenters. The third kappa shape index (κ3) is 5.26. The van der Waals surface area contributed by atoms with Crippen LogP contribution in [0.15, 0.2) is 36.7 Å². The Morgan fingerprint density at radius 3 is 2.86 bits per heavy atom. The summed E-state index contributed by atoms with van der Waals surface area (Å²) in [6, 6.07) is 7.28. The predicted molar refractivity (Wildman–Crippen MR) is 135 cm³/mol. The number of hydrogen-bond donors (Lipinski definition) is 3. The monoisotopic (exact) mass is 531 g/mol. The number of amides is 1. The second-order valence-corrected chi connectivity index (χ2v) is 9.53. The van der Waals surface area contributed by atoms with Gasteiger partial charge in [-0.1, -0.05) is 17.7 Å². The number of likely N-dealkylation sites (tertiary alicyclic amines) is 1. The maximum absolute atomic E-state index is 14.5. The molecule has 3 aromatic rings. The maximum atomic E-state index is 14.5. The van der Waals surface area contributed by atoms with Crippen LogP contribution in [-0.2, 0) is 9.53 Å². The third-order valence-electron chi connectivity index (χ3n) is 6.61. The van der Waals surface area contributed by atoms with Crippen molar-refractivity contribution in [2.24, 2.45) is 0 Å². The first-order valence-electron chi connectivity index (χ1n) is 11.8. The van der Waals surface area contributed by atoms with Crippen molar-refractivity contribution in [1.29, 1.82) is 0 Å². The Balaban J connectivity index is 1.36. The van der Waals surface area contributed by atoms with Crippen LogP contribution < -0.4 is 20.1 Å². The highest BCUT2D eigenvalue weighted by Crippen LogP contribution is 2.37. The molecule has 3 heterocycles. The molecule has 0 unspecified atom stereocenters. The second kappa shape index (κ2) is 10.6. The highest BCUT2D eigenvalue weighted by molar-refractivity contribution is 6.31. The van der Waals surface area contributed by atoms with E-state index in [9.17, 15) is 14.3 Å². The third-order valence-corrected chi connectivity index (χ3v) is 6.90. The number of ether oxygens (including phenoxy) is 3. The van der Waals surface area contributed by atoms with E-state index in [0.29, 0.717) is 41.2 Å². The lowest BCUT2D eigenvalue weighted by Crippen LogP contribution is -2.49. The lowest BCUT2D eigenvalue weighted by molar-refractivity contribution is -0.126. The van der Waals surface area contributed by atoms with Crippen molar-refractivity contribution in [1.82, 2.24) is 20.2 Å². The summed E-state index contributed by atoms with van der Waals surface area (Å²) in [5, 5.41) is 16.4. The highest BCUT2D eigenvalue weighted by Gasteiger charge is 2.38. The SMILES string of the molecule is COc1cc2ncnc(Nc3cccc(Cl)c3F)c2cc1O[C@H]1C[C@H](C(=O)N[C@H]2COC[C@H]2O)N(C)C1. The van der Waals surface area contributed by atoms with Crippen LogP contribution in [0.3, 0.4) is 0 Å². The second-order valence-electron chi connectivity index (χ2n) is 9.12. The molecule has 5 rings (SSSR count). The Hall–Kier alpha value is -3.25. The fraction of sp³-hybridized carbons (Fsp3) is 0.400. The number of benzene rings is 2. The van der Waals surface area contributed by atoms with Gasteiger partial charge in [0.05, 0.1) is 54.7 Å². The maximum Gasteiger partial charge on any atom is 0.237 e. The van der Waals surface area contributed by atoms with Crippen molar-refractivity contribution < 1.29 is 28.5 Å². The van der Waals surface area contributed by atoms with Gasteiger partial charge in [-0.2, -0.15) is 0 Å². The van der Waals surface area contributed by atoms with Gasteiger partial charge in [-0.05, 0) is 25.2 Å². The van der Waals surface area contributed by atoms with Gasteiger partial charge in [0.1, 0.15) is 18.2 Å². The van der Waals surface area contributed by atoms with E-state index in [1.54, 1.807) is 24.3 Å². The summed E-state index contributed by atoms with van der Waals surface area (Å²) >= 11 is 5.92. The number of aliphatic hydroxyl groups excluding tert-OH is 1. The van der Waals surface area contributed by atoms with Crippen molar-refractivity contribution >= 4 is 39.9 Å². The average molecular weight is 532 g/mol. The number of aliphatic hydroxyl groups is 1. The zero-order valence-corrected chi connectivity index (χ0v) is 21.0.